The molecule has 0 N–H and O–H groups in total. The van der Waals surface area contributed by atoms with Crippen LogP contribution in [0.4, 0.5) is 0 Å². The van der Waals surface area contributed by atoms with E-state index in [0.717, 1.165) is 45.2 Å². The molecule has 0 bridgehead atoms. The molecule has 0 spiro atoms. The van der Waals surface area contributed by atoms with Crippen LogP contribution in [0.2, 0.25) is 0 Å². The average Bonchev–Trinajstić information content (AvgIpc) is 3.69. The van der Waals surface area contributed by atoms with E-state index in [-0.39, 0.29) is 0 Å². The van der Waals surface area contributed by atoms with E-state index in [1.54, 1.807) is 0 Å². The van der Waals surface area contributed by atoms with Gasteiger partial charge in [-0.2, -0.15) is 0 Å². The maximum atomic E-state index is 5.01. The Bertz CT molecular complexity index is 2420. The van der Waals surface area contributed by atoms with Crippen molar-refractivity contribution in [1.29, 1.82) is 0 Å². The standard InChI is InChI=1S/C39H25N5/c1-2-10-26(11-3-1)43-23-20-29-28-16-19-38-39(30(28)17-18-36(29)43)31-12-4-5-15-37(31)44(38)27-24-34(32-13-6-8-21-40-32)42-35(25-27)33-14-7-9-22-41-33/h1-25H. The van der Waals surface area contributed by atoms with Crippen LogP contribution >= 0.6 is 0 Å². The molecule has 5 nitrogen and oxygen atoms in total. The van der Waals surface area contributed by atoms with Crippen LogP contribution in [0.25, 0.3) is 77.6 Å². The van der Waals surface area contributed by atoms with Crippen LogP contribution in [0.5, 0.6) is 0 Å². The van der Waals surface area contributed by atoms with Crippen LogP contribution in [0.3, 0.4) is 0 Å². The predicted molar refractivity (Wildman–Crippen MR) is 179 cm³/mol. The van der Waals surface area contributed by atoms with Gasteiger partial charge in [0.2, 0.25) is 0 Å². The van der Waals surface area contributed by atoms with E-state index in [2.05, 4.69) is 122 Å². The molecule has 0 aliphatic heterocycles. The zero-order valence-corrected chi connectivity index (χ0v) is 23.7. The first-order chi connectivity index (χ1) is 21.8. The van der Waals surface area contributed by atoms with Crippen LogP contribution in [-0.4, -0.2) is 24.1 Å². The molecule has 0 fully saturated rings. The summed E-state index contributed by atoms with van der Waals surface area (Å²) in [5.74, 6) is 0. The molecule has 0 saturated carbocycles. The minimum Gasteiger partial charge on any atom is -0.317 e. The zero-order valence-electron chi connectivity index (χ0n) is 23.7. The summed E-state index contributed by atoms with van der Waals surface area (Å²) in [5, 5.41) is 6.17. The number of benzene rings is 4. The molecular formula is C39H25N5. The molecule has 0 aliphatic rings. The van der Waals surface area contributed by atoms with Gasteiger partial charge < -0.3 is 9.13 Å². The smallest absolute Gasteiger partial charge is 0.0915 e. The number of hydrogen-bond acceptors (Lipinski definition) is 3. The van der Waals surface area contributed by atoms with Gasteiger partial charge in [-0.15, -0.1) is 0 Å². The molecule has 5 aromatic heterocycles. The number of aromatic nitrogens is 5. The lowest BCUT2D eigenvalue weighted by atomic mass is 10.0. The third kappa shape index (κ3) is 3.76. The summed E-state index contributed by atoms with van der Waals surface area (Å²) in [5.41, 5.74) is 8.91. The van der Waals surface area contributed by atoms with Crippen molar-refractivity contribution >= 4 is 43.5 Å². The predicted octanol–water partition coefficient (Wildman–Crippen LogP) is 9.40. The Morgan fingerprint density at radius 2 is 1.07 bits per heavy atom. The van der Waals surface area contributed by atoms with Crippen LogP contribution in [0.1, 0.15) is 0 Å². The van der Waals surface area contributed by atoms with E-state index in [1.165, 1.54) is 32.4 Å². The molecule has 0 amide bonds. The molecular weight excluding hydrogens is 538 g/mol. The van der Waals surface area contributed by atoms with Crippen molar-refractivity contribution in [2.75, 3.05) is 0 Å². The fourth-order valence-electron chi connectivity index (χ4n) is 6.53. The molecule has 5 heteroatoms. The van der Waals surface area contributed by atoms with E-state index in [9.17, 15) is 0 Å². The fraction of sp³-hybridized carbons (Fsp3) is 0. The Hall–Kier alpha value is -6.07. The van der Waals surface area contributed by atoms with E-state index in [4.69, 9.17) is 4.98 Å². The Morgan fingerprint density at radius 3 is 1.80 bits per heavy atom. The number of pyridine rings is 3. The highest BCUT2D eigenvalue weighted by molar-refractivity contribution is 6.25. The Kier molecular flexibility index (Phi) is 5.43. The first-order valence-corrected chi connectivity index (χ1v) is 14.7. The van der Waals surface area contributed by atoms with E-state index in [0.29, 0.717) is 0 Å². The van der Waals surface area contributed by atoms with Gasteiger partial charge in [0.05, 0.1) is 45.0 Å². The maximum absolute atomic E-state index is 5.01. The summed E-state index contributed by atoms with van der Waals surface area (Å²) in [6, 6.07) is 46.6. The van der Waals surface area contributed by atoms with Gasteiger partial charge in [0.15, 0.2) is 0 Å². The number of rotatable bonds is 4. The molecule has 5 heterocycles. The largest absolute Gasteiger partial charge is 0.317 e. The molecule has 0 radical (unpaired) electrons. The zero-order chi connectivity index (χ0) is 29.0. The summed E-state index contributed by atoms with van der Waals surface area (Å²) in [7, 11) is 0. The molecule has 0 unspecified atom stereocenters. The van der Waals surface area contributed by atoms with Crippen molar-refractivity contribution < 1.29 is 0 Å². The first-order valence-electron chi connectivity index (χ1n) is 14.7. The molecule has 0 saturated heterocycles. The van der Waals surface area contributed by atoms with Gasteiger partial charge in [-0.1, -0.05) is 60.7 Å². The lowest BCUT2D eigenvalue weighted by Crippen LogP contribution is -1.99. The highest BCUT2D eigenvalue weighted by Crippen LogP contribution is 2.40. The lowest BCUT2D eigenvalue weighted by molar-refractivity contribution is 1.13. The average molecular weight is 564 g/mol. The van der Waals surface area contributed by atoms with Crippen LogP contribution in [-0.2, 0) is 0 Å². The number of para-hydroxylation sites is 2. The van der Waals surface area contributed by atoms with Crippen molar-refractivity contribution in [2.24, 2.45) is 0 Å². The van der Waals surface area contributed by atoms with Crippen LogP contribution < -0.4 is 0 Å². The number of fused-ring (bicyclic) bond motifs is 7. The SMILES string of the molecule is c1ccc(-n2ccc3c4ccc5c(c4ccc32)c2ccccc2n5-c2cc(-c3ccccn3)nc(-c3ccccn3)c2)cc1. The van der Waals surface area contributed by atoms with Crippen molar-refractivity contribution in [3.8, 4) is 34.2 Å². The second-order valence-electron chi connectivity index (χ2n) is 11.0. The summed E-state index contributed by atoms with van der Waals surface area (Å²) in [6.07, 6.45) is 5.78. The topological polar surface area (TPSA) is 48.5 Å². The molecule has 9 aromatic rings. The van der Waals surface area contributed by atoms with Crippen LogP contribution in [0.15, 0.2) is 152 Å². The molecule has 0 atom stereocenters. The molecule has 44 heavy (non-hydrogen) atoms. The van der Waals surface area contributed by atoms with Gasteiger partial charge in [0, 0.05) is 40.4 Å². The number of hydrogen-bond donors (Lipinski definition) is 0. The molecule has 0 aliphatic carbocycles. The van der Waals surface area contributed by atoms with Crippen molar-refractivity contribution in [2.45, 2.75) is 0 Å². The highest BCUT2D eigenvalue weighted by Gasteiger charge is 2.18. The molecule has 9 rings (SSSR count). The maximum Gasteiger partial charge on any atom is 0.0915 e. The normalized spacial score (nSPS) is 11.6. The summed E-state index contributed by atoms with van der Waals surface area (Å²) in [6.45, 7) is 0. The van der Waals surface area contributed by atoms with E-state index < -0.39 is 0 Å². The van der Waals surface area contributed by atoms with Gasteiger partial charge in [0.1, 0.15) is 0 Å². The minimum atomic E-state index is 0.805. The van der Waals surface area contributed by atoms with Gasteiger partial charge >= 0.3 is 0 Å². The van der Waals surface area contributed by atoms with Gasteiger partial charge in [-0.25, -0.2) is 4.98 Å². The van der Waals surface area contributed by atoms with Crippen molar-refractivity contribution in [3.63, 3.8) is 0 Å². The van der Waals surface area contributed by atoms with Crippen molar-refractivity contribution in [1.82, 2.24) is 24.1 Å². The highest BCUT2D eigenvalue weighted by atomic mass is 15.0. The van der Waals surface area contributed by atoms with E-state index in [1.807, 2.05) is 48.8 Å². The quantitative estimate of drug-likeness (QED) is 0.214. The number of nitrogens with zero attached hydrogens (tertiary/aromatic N) is 5. The van der Waals surface area contributed by atoms with Crippen molar-refractivity contribution in [3.05, 3.63) is 152 Å². The minimum absolute atomic E-state index is 0.805. The summed E-state index contributed by atoms with van der Waals surface area (Å²) in [4.78, 5) is 14.3. The molecule has 206 valence electrons. The lowest BCUT2D eigenvalue weighted by Gasteiger charge is -2.13. The van der Waals surface area contributed by atoms with Gasteiger partial charge in [0.25, 0.3) is 0 Å². The second kappa shape index (κ2) is 9.75. The third-order valence-electron chi connectivity index (χ3n) is 8.46. The van der Waals surface area contributed by atoms with E-state index >= 15 is 0 Å². The Balaban J connectivity index is 1.33. The Morgan fingerprint density at radius 1 is 0.409 bits per heavy atom. The summed E-state index contributed by atoms with van der Waals surface area (Å²) >= 11 is 0. The third-order valence-corrected chi connectivity index (χ3v) is 8.46. The monoisotopic (exact) mass is 563 g/mol. The fourth-order valence-corrected chi connectivity index (χ4v) is 6.53. The summed E-state index contributed by atoms with van der Waals surface area (Å²) < 4.78 is 4.61. The first kappa shape index (κ1) is 24.5. The van der Waals surface area contributed by atoms with Crippen LogP contribution in [0, 0.1) is 0 Å². The Labute approximate surface area is 253 Å². The molecule has 4 aromatic carbocycles. The van der Waals surface area contributed by atoms with Gasteiger partial charge in [-0.05, 0) is 83.6 Å². The second-order valence-corrected chi connectivity index (χ2v) is 11.0. The van der Waals surface area contributed by atoms with Gasteiger partial charge in [-0.3, -0.25) is 9.97 Å².